The number of H-pyrrole nitrogens is 1. The van der Waals surface area contributed by atoms with Crippen LogP contribution in [0.3, 0.4) is 0 Å². The summed E-state index contributed by atoms with van der Waals surface area (Å²) in [6.07, 6.45) is 2.54. The lowest BCUT2D eigenvalue weighted by molar-refractivity contribution is -0.136. The molecule has 1 aromatic heterocycles. The highest BCUT2D eigenvalue weighted by atomic mass is 16.3. The molecule has 0 saturated carbocycles. The first-order valence-electron chi connectivity index (χ1n) is 7.98. The van der Waals surface area contributed by atoms with Crippen molar-refractivity contribution in [1.82, 2.24) is 10.3 Å². The maximum atomic E-state index is 12.0. The molecule has 6 nitrogen and oxygen atoms in total. The van der Waals surface area contributed by atoms with E-state index < -0.39 is 11.8 Å². The molecule has 0 aliphatic carbocycles. The molecule has 3 rings (SSSR count). The molecule has 0 aliphatic heterocycles. The number of nitrogens with one attached hydrogen (secondary N) is 3. The van der Waals surface area contributed by atoms with Crippen LogP contribution in [0.25, 0.3) is 10.9 Å². The van der Waals surface area contributed by atoms with Crippen LogP contribution in [0.5, 0.6) is 5.75 Å². The SMILES string of the molecule is Cc1cc(O)ccc1NC(=O)C(=O)NCCc1c[nH]c2ccccc12. The Balaban J connectivity index is 1.54. The number of phenolic OH excluding ortho intramolecular Hbond substituents is 1. The van der Waals surface area contributed by atoms with Crippen molar-refractivity contribution >= 4 is 28.4 Å². The topological polar surface area (TPSA) is 94.2 Å². The molecule has 3 aromatic rings. The standard InChI is InChI=1S/C19H19N3O3/c1-12-10-14(23)6-7-16(12)22-19(25)18(24)20-9-8-13-11-21-17-5-3-2-4-15(13)17/h2-7,10-11,21,23H,8-9H2,1H3,(H,20,24)(H,22,25). The van der Waals surface area contributed by atoms with Gasteiger partial charge in [-0.1, -0.05) is 18.2 Å². The summed E-state index contributed by atoms with van der Waals surface area (Å²) in [7, 11) is 0. The van der Waals surface area contributed by atoms with E-state index in [0.29, 0.717) is 24.2 Å². The van der Waals surface area contributed by atoms with Gasteiger partial charge in [-0.2, -0.15) is 0 Å². The van der Waals surface area contributed by atoms with Crippen LogP contribution >= 0.6 is 0 Å². The Kier molecular flexibility index (Phi) is 4.70. The van der Waals surface area contributed by atoms with Crippen LogP contribution in [0.4, 0.5) is 5.69 Å². The second kappa shape index (κ2) is 7.09. The van der Waals surface area contributed by atoms with Crippen LogP contribution in [0, 0.1) is 6.92 Å². The van der Waals surface area contributed by atoms with E-state index in [1.807, 2.05) is 30.5 Å². The van der Waals surface area contributed by atoms with Gasteiger partial charge in [0.1, 0.15) is 5.75 Å². The number of hydrogen-bond donors (Lipinski definition) is 4. The molecular formula is C19H19N3O3. The molecule has 4 N–H and O–H groups in total. The van der Waals surface area contributed by atoms with E-state index >= 15 is 0 Å². The summed E-state index contributed by atoms with van der Waals surface area (Å²) in [4.78, 5) is 27.1. The molecule has 2 aromatic carbocycles. The van der Waals surface area contributed by atoms with E-state index in [9.17, 15) is 14.7 Å². The Morgan fingerprint density at radius 1 is 1.12 bits per heavy atom. The van der Waals surface area contributed by atoms with Crippen molar-refractivity contribution in [3.05, 3.63) is 59.8 Å². The number of carbonyl (C=O) groups excluding carboxylic acids is 2. The molecule has 2 amide bonds. The molecule has 1 heterocycles. The smallest absolute Gasteiger partial charge is 0.313 e. The minimum atomic E-state index is -0.729. The number of anilines is 1. The van der Waals surface area contributed by atoms with Gasteiger partial charge in [-0.15, -0.1) is 0 Å². The van der Waals surface area contributed by atoms with Gasteiger partial charge in [0.15, 0.2) is 0 Å². The molecule has 0 bridgehead atoms. The number of hydrogen-bond acceptors (Lipinski definition) is 3. The molecule has 0 fully saturated rings. The molecule has 25 heavy (non-hydrogen) atoms. The van der Waals surface area contributed by atoms with Gasteiger partial charge in [-0.25, -0.2) is 0 Å². The number of carbonyl (C=O) groups is 2. The van der Waals surface area contributed by atoms with E-state index in [2.05, 4.69) is 15.6 Å². The van der Waals surface area contributed by atoms with Crippen LogP contribution in [0.2, 0.25) is 0 Å². The minimum absolute atomic E-state index is 0.110. The number of aryl methyl sites for hydroxylation is 1. The Bertz CT molecular complexity index is 931. The molecule has 0 aliphatic rings. The number of phenols is 1. The summed E-state index contributed by atoms with van der Waals surface area (Å²) in [5, 5.41) is 15.6. The van der Waals surface area contributed by atoms with Gasteiger partial charge >= 0.3 is 11.8 Å². The highest BCUT2D eigenvalue weighted by Crippen LogP contribution is 2.20. The van der Waals surface area contributed by atoms with Crippen molar-refractivity contribution in [2.75, 3.05) is 11.9 Å². The minimum Gasteiger partial charge on any atom is -0.508 e. The first-order valence-corrected chi connectivity index (χ1v) is 7.98. The summed E-state index contributed by atoms with van der Waals surface area (Å²) in [5.74, 6) is -1.31. The third kappa shape index (κ3) is 3.80. The van der Waals surface area contributed by atoms with Crippen molar-refractivity contribution in [3.63, 3.8) is 0 Å². The molecule has 128 valence electrons. The number of fused-ring (bicyclic) bond motifs is 1. The monoisotopic (exact) mass is 337 g/mol. The number of aromatic hydroxyl groups is 1. The second-order valence-electron chi connectivity index (χ2n) is 5.82. The molecule has 0 saturated heterocycles. The number of rotatable bonds is 4. The average molecular weight is 337 g/mol. The van der Waals surface area contributed by atoms with E-state index in [4.69, 9.17) is 0 Å². The largest absolute Gasteiger partial charge is 0.508 e. The summed E-state index contributed by atoms with van der Waals surface area (Å²) >= 11 is 0. The molecule has 6 heteroatoms. The average Bonchev–Trinajstić information content (AvgIpc) is 3.00. The molecule has 0 radical (unpaired) electrons. The predicted molar refractivity (Wildman–Crippen MR) is 96.5 cm³/mol. The first-order chi connectivity index (χ1) is 12.0. The van der Waals surface area contributed by atoms with Gasteiger partial charge in [0.05, 0.1) is 0 Å². The van der Waals surface area contributed by atoms with Crippen molar-refractivity contribution in [2.45, 2.75) is 13.3 Å². The second-order valence-corrected chi connectivity index (χ2v) is 5.82. The van der Waals surface area contributed by atoms with Crippen LogP contribution in [0.15, 0.2) is 48.7 Å². The third-order valence-corrected chi connectivity index (χ3v) is 4.02. The molecule has 0 atom stereocenters. The van der Waals surface area contributed by atoms with E-state index in [1.165, 1.54) is 12.1 Å². The van der Waals surface area contributed by atoms with Gasteiger partial charge in [0, 0.05) is 29.3 Å². The third-order valence-electron chi connectivity index (χ3n) is 4.02. The van der Waals surface area contributed by atoms with Crippen LogP contribution in [0.1, 0.15) is 11.1 Å². The summed E-state index contributed by atoms with van der Waals surface area (Å²) in [6, 6.07) is 12.5. The first kappa shape index (κ1) is 16.6. The fourth-order valence-corrected chi connectivity index (χ4v) is 2.70. The van der Waals surface area contributed by atoms with Crippen molar-refractivity contribution < 1.29 is 14.7 Å². The number of para-hydroxylation sites is 1. The van der Waals surface area contributed by atoms with Crippen LogP contribution in [-0.4, -0.2) is 28.4 Å². The highest BCUT2D eigenvalue weighted by Gasteiger charge is 2.14. The lowest BCUT2D eigenvalue weighted by Gasteiger charge is -2.09. The van der Waals surface area contributed by atoms with Crippen LogP contribution in [-0.2, 0) is 16.0 Å². The van der Waals surface area contributed by atoms with Gasteiger partial charge in [-0.05, 0) is 48.7 Å². The van der Waals surface area contributed by atoms with Gasteiger partial charge in [-0.3, -0.25) is 9.59 Å². The Hall–Kier alpha value is -3.28. The number of aromatic amines is 1. The normalized spacial score (nSPS) is 10.6. The zero-order valence-corrected chi connectivity index (χ0v) is 13.8. The van der Waals surface area contributed by atoms with Crippen molar-refractivity contribution in [1.29, 1.82) is 0 Å². The molecule has 0 unspecified atom stereocenters. The van der Waals surface area contributed by atoms with Crippen molar-refractivity contribution in [3.8, 4) is 5.75 Å². The zero-order valence-electron chi connectivity index (χ0n) is 13.8. The quantitative estimate of drug-likeness (QED) is 0.435. The predicted octanol–water partition coefficient (Wildman–Crippen LogP) is 2.48. The number of amides is 2. The van der Waals surface area contributed by atoms with Crippen LogP contribution < -0.4 is 10.6 Å². The van der Waals surface area contributed by atoms with Gasteiger partial charge in [0.2, 0.25) is 0 Å². The Morgan fingerprint density at radius 2 is 1.92 bits per heavy atom. The highest BCUT2D eigenvalue weighted by molar-refractivity contribution is 6.39. The summed E-state index contributed by atoms with van der Waals surface area (Å²) in [6.45, 7) is 2.10. The van der Waals surface area contributed by atoms with Gasteiger partial charge < -0.3 is 20.7 Å². The number of benzene rings is 2. The Morgan fingerprint density at radius 3 is 2.72 bits per heavy atom. The molecule has 0 spiro atoms. The summed E-state index contributed by atoms with van der Waals surface area (Å²) in [5.41, 5.74) is 3.31. The Labute approximate surface area is 144 Å². The van der Waals surface area contributed by atoms with E-state index in [-0.39, 0.29) is 5.75 Å². The van der Waals surface area contributed by atoms with Gasteiger partial charge in [0.25, 0.3) is 0 Å². The lowest BCUT2D eigenvalue weighted by Crippen LogP contribution is -2.36. The lowest BCUT2D eigenvalue weighted by atomic mass is 10.1. The maximum absolute atomic E-state index is 12.0. The van der Waals surface area contributed by atoms with Crippen molar-refractivity contribution in [2.24, 2.45) is 0 Å². The fourth-order valence-electron chi connectivity index (χ4n) is 2.70. The fraction of sp³-hybridized carbons (Fsp3) is 0.158. The number of aromatic nitrogens is 1. The maximum Gasteiger partial charge on any atom is 0.313 e. The molecular weight excluding hydrogens is 318 g/mol. The summed E-state index contributed by atoms with van der Waals surface area (Å²) < 4.78 is 0. The zero-order chi connectivity index (χ0) is 17.8. The van der Waals surface area contributed by atoms with E-state index in [0.717, 1.165) is 16.5 Å². The van der Waals surface area contributed by atoms with E-state index in [1.54, 1.807) is 13.0 Å².